The molecule has 3 atom stereocenters. The SMILES string of the molecule is CC(C)Oc1ccc(-c2nnc(-c3cccc4c3CC[C@@H]4NS(=O)(=O)CCN3CCC(P)C3)s2)cc1N. The molecule has 3 aromatic rings. The Morgan fingerprint density at radius 2 is 2.03 bits per heavy atom. The van der Waals surface area contributed by atoms with E-state index in [1.165, 1.54) is 11.3 Å². The lowest BCUT2D eigenvalue weighted by Crippen LogP contribution is -2.35. The van der Waals surface area contributed by atoms with Gasteiger partial charge in [0.05, 0.1) is 17.5 Å². The van der Waals surface area contributed by atoms with Crippen LogP contribution in [-0.4, -0.2) is 60.7 Å². The molecule has 1 saturated heterocycles. The number of nitrogen functional groups attached to an aromatic ring is 1. The zero-order valence-electron chi connectivity index (χ0n) is 21.2. The molecule has 1 aliphatic carbocycles. The van der Waals surface area contributed by atoms with E-state index in [2.05, 4.69) is 29.1 Å². The van der Waals surface area contributed by atoms with Crippen molar-refractivity contribution in [2.24, 2.45) is 0 Å². The zero-order valence-corrected chi connectivity index (χ0v) is 24.0. The van der Waals surface area contributed by atoms with Crippen molar-refractivity contribution in [3.05, 3.63) is 47.5 Å². The summed E-state index contributed by atoms with van der Waals surface area (Å²) in [7, 11) is -0.544. The highest BCUT2D eigenvalue weighted by molar-refractivity contribution is 7.89. The first-order chi connectivity index (χ1) is 17.7. The van der Waals surface area contributed by atoms with Crippen LogP contribution in [0, 0.1) is 0 Å². The van der Waals surface area contributed by atoms with E-state index in [4.69, 9.17) is 10.5 Å². The highest BCUT2D eigenvalue weighted by Crippen LogP contribution is 2.40. The van der Waals surface area contributed by atoms with Crippen molar-refractivity contribution in [3.63, 3.8) is 0 Å². The minimum absolute atomic E-state index is 0.0443. The normalized spacial score (nSPS) is 20.0. The van der Waals surface area contributed by atoms with Gasteiger partial charge in [-0.05, 0) is 74.6 Å². The molecule has 0 saturated carbocycles. The summed E-state index contributed by atoms with van der Waals surface area (Å²) in [5, 5.41) is 10.5. The topological polar surface area (TPSA) is 110 Å². The maximum atomic E-state index is 12.9. The minimum Gasteiger partial charge on any atom is -0.489 e. The number of hydrogen-bond donors (Lipinski definition) is 2. The van der Waals surface area contributed by atoms with Gasteiger partial charge in [-0.2, -0.15) is 0 Å². The molecule has 2 aromatic carbocycles. The maximum Gasteiger partial charge on any atom is 0.213 e. The molecule has 0 bridgehead atoms. The van der Waals surface area contributed by atoms with Crippen LogP contribution in [0.4, 0.5) is 5.69 Å². The van der Waals surface area contributed by atoms with Crippen LogP contribution in [0.5, 0.6) is 5.75 Å². The van der Waals surface area contributed by atoms with Crippen molar-refractivity contribution >= 4 is 36.3 Å². The van der Waals surface area contributed by atoms with Crippen molar-refractivity contribution in [1.29, 1.82) is 0 Å². The van der Waals surface area contributed by atoms with E-state index in [0.29, 0.717) is 23.6 Å². The molecule has 0 spiro atoms. The molecule has 1 fully saturated rings. The highest BCUT2D eigenvalue weighted by Gasteiger charge is 2.30. The molecule has 198 valence electrons. The average molecular weight is 560 g/mol. The second kappa shape index (κ2) is 10.9. The number of aromatic nitrogens is 2. The Morgan fingerprint density at radius 1 is 1.22 bits per heavy atom. The number of likely N-dealkylation sites (tertiary alicyclic amines) is 1. The van der Waals surface area contributed by atoms with Crippen LogP contribution in [0.1, 0.15) is 43.9 Å². The molecular weight excluding hydrogens is 525 g/mol. The van der Waals surface area contributed by atoms with Crippen molar-refractivity contribution in [2.75, 3.05) is 31.1 Å². The van der Waals surface area contributed by atoms with Crippen LogP contribution in [0.2, 0.25) is 0 Å². The number of fused-ring (bicyclic) bond motifs is 1. The summed E-state index contributed by atoms with van der Waals surface area (Å²) < 4.78 is 34.5. The van der Waals surface area contributed by atoms with E-state index in [1.807, 2.05) is 50.2 Å². The first-order valence-electron chi connectivity index (χ1n) is 12.7. The number of anilines is 1. The van der Waals surface area contributed by atoms with Gasteiger partial charge in [0.2, 0.25) is 10.0 Å². The number of rotatable bonds is 9. The van der Waals surface area contributed by atoms with Gasteiger partial charge in [-0.1, -0.05) is 29.5 Å². The van der Waals surface area contributed by atoms with Gasteiger partial charge in [0.25, 0.3) is 0 Å². The summed E-state index contributed by atoms with van der Waals surface area (Å²) in [6.07, 6.45) is 2.68. The van der Waals surface area contributed by atoms with Crippen molar-refractivity contribution in [2.45, 2.75) is 50.9 Å². The van der Waals surface area contributed by atoms with Gasteiger partial charge in [-0.25, -0.2) is 13.1 Å². The van der Waals surface area contributed by atoms with Crippen LogP contribution in [0.15, 0.2) is 36.4 Å². The van der Waals surface area contributed by atoms with Gasteiger partial charge in [-0.3, -0.25) is 0 Å². The summed E-state index contributed by atoms with van der Waals surface area (Å²) in [6, 6.07) is 11.5. The first kappa shape index (κ1) is 26.5. The third-order valence-corrected chi connectivity index (χ3v) is 9.77. The molecule has 1 aromatic heterocycles. The fourth-order valence-electron chi connectivity index (χ4n) is 5.06. The standard InChI is InChI=1S/C26H34N5O3PS2/c1-16(2)34-24-9-6-17(14-22(24)27)25-28-29-26(36-25)21-5-3-4-20-19(21)7-8-23(20)30-37(32,33)13-12-31-11-10-18(35)15-31/h3-6,9,14,16,18,23,30H,7-8,10-13,15,27,35H2,1-2H3/t18?,23-/m0/s1. The highest BCUT2D eigenvalue weighted by atomic mass is 32.2. The van der Waals surface area contributed by atoms with Crippen molar-refractivity contribution in [3.8, 4) is 26.9 Å². The monoisotopic (exact) mass is 559 g/mol. The molecule has 5 rings (SSSR count). The summed E-state index contributed by atoms with van der Waals surface area (Å²) in [5.74, 6) is 0.784. The Bertz CT molecular complexity index is 1380. The van der Waals surface area contributed by atoms with Gasteiger partial charge in [0.15, 0.2) is 0 Å². The van der Waals surface area contributed by atoms with E-state index in [1.54, 1.807) is 0 Å². The van der Waals surface area contributed by atoms with E-state index in [9.17, 15) is 8.42 Å². The summed E-state index contributed by atoms with van der Waals surface area (Å²) in [4.78, 5) is 2.23. The fraction of sp³-hybridized carbons (Fsp3) is 0.462. The molecule has 37 heavy (non-hydrogen) atoms. The smallest absolute Gasteiger partial charge is 0.213 e. The average Bonchev–Trinajstić information content (AvgIpc) is 3.59. The number of sulfonamides is 1. The molecule has 0 radical (unpaired) electrons. The number of benzene rings is 2. The third kappa shape index (κ3) is 6.15. The lowest BCUT2D eigenvalue weighted by Gasteiger charge is -2.18. The number of ether oxygens (including phenoxy) is 1. The molecule has 2 aliphatic rings. The minimum atomic E-state index is -3.38. The van der Waals surface area contributed by atoms with Gasteiger partial charge in [-0.15, -0.1) is 19.4 Å². The second-order valence-electron chi connectivity index (χ2n) is 10.1. The lowest BCUT2D eigenvalue weighted by molar-refractivity contribution is 0.244. The molecule has 1 aliphatic heterocycles. The van der Waals surface area contributed by atoms with Gasteiger partial charge in [0, 0.05) is 30.3 Å². The predicted molar refractivity (Wildman–Crippen MR) is 153 cm³/mol. The van der Waals surface area contributed by atoms with E-state index < -0.39 is 10.0 Å². The van der Waals surface area contributed by atoms with Crippen molar-refractivity contribution < 1.29 is 13.2 Å². The maximum absolute atomic E-state index is 12.9. The third-order valence-electron chi connectivity index (χ3n) is 6.85. The Balaban J connectivity index is 1.31. The summed E-state index contributed by atoms with van der Waals surface area (Å²) in [6.45, 7) is 6.41. The van der Waals surface area contributed by atoms with Crippen LogP contribution in [0.3, 0.4) is 0 Å². The fourth-order valence-corrected chi connectivity index (χ4v) is 7.69. The Hall–Kier alpha value is -2.10. The van der Waals surface area contributed by atoms with Crippen LogP contribution in [0.25, 0.3) is 21.1 Å². The molecule has 8 nitrogen and oxygen atoms in total. The zero-order chi connectivity index (χ0) is 26.2. The van der Waals surface area contributed by atoms with Gasteiger partial charge >= 0.3 is 0 Å². The Labute approximate surface area is 225 Å². The quantitative estimate of drug-likeness (QED) is 0.300. The number of nitrogens with one attached hydrogen (secondary N) is 1. The number of nitrogens with zero attached hydrogens (tertiary/aromatic N) is 3. The summed E-state index contributed by atoms with van der Waals surface area (Å²) in [5.41, 5.74) is 11.4. The summed E-state index contributed by atoms with van der Waals surface area (Å²) >= 11 is 1.51. The predicted octanol–water partition coefficient (Wildman–Crippen LogP) is 4.10. The van der Waals surface area contributed by atoms with Gasteiger partial charge < -0.3 is 15.4 Å². The molecule has 0 amide bonds. The van der Waals surface area contributed by atoms with Crippen LogP contribution >= 0.6 is 20.6 Å². The molecule has 2 heterocycles. The van der Waals surface area contributed by atoms with E-state index in [0.717, 1.165) is 64.6 Å². The molecule has 2 unspecified atom stereocenters. The Morgan fingerprint density at radius 3 is 2.76 bits per heavy atom. The van der Waals surface area contributed by atoms with Crippen molar-refractivity contribution in [1.82, 2.24) is 19.8 Å². The number of nitrogens with two attached hydrogens (primary N) is 1. The largest absolute Gasteiger partial charge is 0.489 e. The van der Waals surface area contributed by atoms with Crippen LogP contribution < -0.4 is 15.2 Å². The Kier molecular flexibility index (Phi) is 7.84. The molecular formula is C26H34N5O3PS2. The van der Waals surface area contributed by atoms with E-state index in [-0.39, 0.29) is 17.9 Å². The molecule has 3 N–H and O–H groups in total. The first-order valence-corrected chi connectivity index (χ1v) is 15.8. The number of hydrogen-bond acceptors (Lipinski definition) is 8. The van der Waals surface area contributed by atoms with Crippen LogP contribution in [-0.2, 0) is 16.4 Å². The van der Waals surface area contributed by atoms with E-state index >= 15 is 0 Å². The second-order valence-corrected chi connectivity index (χ2v) is 13.9. The van der Waals surface area contributed by atoms with Gasteiger partial charge in [0.1, 0.15) is 15.8 Å². The lowest BCUT2D eigenvalue weighted by atomic mass is 10.0. The molecule has 11 heteroatoms.